The Bertz CT molecular complexity index is 930. The summed E-state index contributed by atoms with van der Waals surface area (Å²) in [5.41, 5.74) is 2.31. The molecule has 0 saturated heterocycles. The maximum absolute atomic E-state index is 12.3. The van der Waals surface area contributed by atoms with Crippen LogP contribution < -0.4 is 4.90 Å². The predicted molar refractivity (Wildman–Crippen MR) is 88.5 cm³/mol. The van der Waals surface area contributed by atoms with Gasteiger partial charge in [-0.05, 0) is 35.9 Å². The number of aliphatic hydroxyl groups is 1. The molecule has 0 fully saturated rings. The molecule has 3 aromatic rings. The minimum Gasteiger partial charge on any atom is -0.510 e. The second kappa shape index (κ2) is 5.14. The Morgan fingerprint density at radius 1 is 1.17 bits per heavy atom. The first-order valence-electron chi connectivity index (χ1n) is 7.06. The van der Waals surface area contributed by atoms with Crippen molar-refractivity contribution in [2.24, 2.45) is 0 Å². The molecule has 1 aliphatic heterocycles. The molecule has 1 atom stereocenters. The number of hydrogen-bond acceptors (Lipinski definition) is 3. The van der Waals surface area contributed by atoms with Gasteiger partial charge in [-0.1, -0.05) is 23.7 Å². The van der Waals surface area contributed by atoms with Crippen LogP contribution in [0.2, 0.25) is 5.02 Å². The Morgan fingerprint density at radius 2 is 1.96 bits per heavy atom. The Kier molecular flexibility index (Phi) is 3.09. The van der Waals surface area contributed by atoms with Gasteiger partial charge in [0.1, 0.15) is 11.8 Å². The average Bonchev–Trinajstić information content (AvgIpc) is 3.11. The number of fused-ring (bicyclic) bond motifs is 1. The Balaban J connectivity index is 1.81. The van der Waals surface area contributed by atoms with Gasteiger partial charge < -0.3 is 5.11 Å². The number of aromatic nitrogens is 2. The van der Waals surface area contributed by atoms with Crippen LogP contribution in [0.25, 0.3) is 10.9 Å². The lowest BCUT2D eigenvalue weighted by molar-refractivity contribution is -0.113. The third-order valence-corrected chi connectivity index (χ3v) is 4.19. The summed E-state index contributed by atoms with van der Waals surface area (Å²) in [6.45, 7) is 0. The van der Waals surface area contributed by atoms with Gasteiger partial charge in [-0.3, -0.25) is 14.8 Å². The van der Waals surface area contributed by atoms with Gasteiger partial charge in [0.15, 0.2) is 0 Å². The van der Waals surface area contributed by atoms with Gasteiger partial charge >= 0.3 is 0 Å². The van der Waals surface area contributed by atoms with Gasteiger partial charge in [-0.25, -0.2) is 0 Å². The highest BCUT2D eigenvalue weighted by Gasteiger charge is 2.35. The van der Waals surface area contributed by atoms with Crippen LogP contribution in [0, 0.1) is 0 Å². The van der Waals surface area contributed by atoms with E-state index in [0.29, 0.717) is 10.7 Å². The number of nitrogens with one attached hydrogen (secondary N) is 1. The molecule has 23 heavy (non-hydrogen) atoms. The summed E-state index contributed by atoms with van der Waals surface area (Å²) in [5.74, 6) is -0.247. The van der Waals surface area contributed by atoms with Gasteiger partial charge in [0.2, 0.25) is 0 Å². The lowest BCUT2D eigenvalue weighted by atomic mass is 10.0. The van der Waals surface area contributed by atoms with Crippen molar-refractivity contribution in [2.75, 3.05) is 4.90 Å². The first-order chi connectivity index (χ1) is 11.1. The number of halogens is 1. The molecule has 0 saturated carbocycles. The van der Waals surface area contributed by atoms with E-state index in [9.17, 15) is 9.90 Å². The minimum atomic E-state index is -0.555. The number of carbonyl (C=O) groups is 1. The van der Waals surface area contributed by atoms with E-state index >= 15 is 0 Å². The van der Waals surface area contributed by atoms with Crippen LogP contribution in [-0.2, 0) is 4.79 Å². The summed E-state index contributed by atoms with van der Waals surface area (Å²) >= 11 is 5.92. The SMILES string of the molecule is O=C1C=C(O)C(c2ccc(Cl)cc2)N1c1ccc2cn[nH]c2c1. The molecule has 114 valence electrons. The third-order valence-electron chi connectivity index (χ3n) is 3.94. The molecular formula is C17H12ClN3O2. The fourth-order valence-electron chi connectivity index (χ4n) is 2.85. The summed E-state index contributed by atoms with van der Waals surface area (Å²) in [5, 5.41) is 18.7. The number of benzene rings is 2. The molecule has 2 N–H and O–H groups in total. The zero-order valence-corrected chi connectivity index (χ0v) is 12.7. The quantitative estimate of drug-likeness (QED) is 0.754. The Hall–Kier alpha value is -2.79. The van der Waals surface area contributed by atoms with E-state index in [-0.39, 0.29) is 11.7 Å². The van der Waals surface area contributed by atoms with Crippen LogP contribution in [0.4, 0.5) is 5.69 Å². The van der Waals surface area contributed by atoms with Crippen molar-refractivity contribution in [3.05, 3.63) is 71.1 Å². The standard InChI is InChI=1S/C17H12ClN3O2/c18-12-4-1-10(2-5-12)17-15(22)8-16(23)21(17)13-6-3-11-9-19-20-14(11)7-13/h1-9,17,22H,(H,19,20). The van der Waals surface area contributed by atoms with E-state index in [4.69, 9.17) is 11.6 Å². The monoisotopic (exact) mass is 325 g/mol. The van der Waals surface area contributed by atoms with Gasteiger partial charge in [0.05, 0.1) is 11.7 Å². The van der Waals surface area contributed by atoms with Crippen LogP contribution in [0.5, 0.6) is 0 Å². The average molecular weight is 326 g/mol. The number of aliphatic hydroxyl groups excluding tert-OH is 1. The van der Waals surface area contributed by atoms with Crippen LogP contribution >= 0.6 is 11.6 Å². The summed E-state index contributed by atoms with van der Waals surface area (Å²) in [7, 11) is 0. The van der Waals surface area contributed by atoms with Crippen LogP contribution in [0.1, 0.15) is 11.6 Å². The van der Waals surface area contributed by atoms with E-state index in [2.05, 4.69) is 10.2 Å². The number of nitrogens with zero attached hydrogens (tertiary/aromatic N) is 2. The van der Waals surface area contributed by atoms with E-state index in [0.717, 1.165) is 16.5 Å². The van der Waals surface area contributed by atoms with Crippen LogP contribution in [-0.4, -0.2) is 21.2 Å². The molecule has 0 spiro atoms. The van der Waals surface area contributed by atoms with Crippen molar-refractivity contribution in [3.8, 4) is 0 Å². The van der Waals surface area contributed by atoms with Crippen LogP contribution in [0.15, 0.2) is 60.5 Å². The fourth-order valence-corrected chi connectivity index (χ4v) is 2.98. The highest BCUT2D eigenvalue weighted by molar-refractivity contribution is 6.30. The number of hydrogen-bond donors (Lipinski definition) is 2. The van der Waals surface area contributed by atoms with Crippen molar-refractivity contribution in [1.29, 1.82) is 0 Å². The van der Waals surface area contributed by atoms with E-state index in [1.54, 1.807) is 35.4 Å². The van der Waals surface area contributed by atoms with Crippen LogP contribution in [0.3, 0.4) is 0 Å². The molecule has 5 nitrogen and oxygen atoms in total. The van der Waals surface area contributed by atoms with Crippen molar-refractivity contribution < 1.29 is 9.90 Å². The summed E-state index contributed by atoms with van der Waals surface area (Å²) in [6.07, 6.45) is 2.97. The van der Waals surface area contributed by atoms with Gasteiger partial charge in [-0.15, -0.1) is 0 Å². The second-order valence-electron chi connectivity index (χ2n) is 5.37. The topological polar surface area (TPSA) is 69.2 Å². The van der Waals surface area contributed by atoms with Crippen molar-refractivity contribution in [2.45, 2.75) is 6.04 Å². The largest absolute Gasteiger partial charge is 0.510 e. The molecule has 0 radical (unpaired) electrons. The highest BCUT2D eigenvalue weighted by atomic mass is 35.5. The van der Waals surface area contributed by atoms with Gasteiger partial charge in [0.25, 0.3) is 5.91 Å². The summed E-state index contributed by atoms with van der Waals surface area (Å²) < 4.78 is 0. The van der Waals surface area contributed by atoms with Crippen molar-refractivity contribution >= 4 is 34.1 Å². The van der Waals surface area contributed by atoms with E-state index in [1.165, 1.54) is 6.08 Å². The number of amides is 1. The first-order valence-corrected chi connectivity index (χ1v) is 7.43. The van der Waals surface area contributed by atoms with Gasteiger partial charge in [0, 0.05) is 22.2 Å². The number of rotatable bonds is 2. The van der Waals surface area contributed by atoms with E-state index < -0.39 is 6.04 Å². The summed E-state index contributed by atoms with van der Waals surface area (Å²) in [6, 6.07) is 12.1. The summed E-state index contributed by atoms with van der Waals surface area (Å²) in [4.78, 5) is 13.9. The smallest absolute Gasteiger partial charge is 0.255 e. The number of aromatic amines is 1. The maximum atomic E-state index is 12.3. The number of H-pyrrole nitrogens is 1. The molecule has 1 aromatic heterocycles. The molecule has 4 rings (SSSR count). The molecule has 0 aliphatic carbocycles. The maximum Gasteiger partial charge on any atom is 0.255 e. The van der Waals surface area contributed by atoms with E-state index in [1.807, 2.05) is 18.2 Å². The molecule has 6 heteroatoms. The molecule has 2 aromatic carbocycles. The van der Waals surface area contributed by atoms with Crippen molar-refractivity contribution in [3.63, 3.8) is 0 Å². The second-order valence-corrected chi connectivity index (χ2v) is 5.81. The number of anilines is 1. The zero-order valence-electron chi connectivity index (χ0n) is 11.9. The molecular weight excluding hydrogens is 314 g/mol. The molecule has 0 bridgehead atoms. The Labute approximate surface area is 136 Å². The molecule has 1 aliphatic rings. The molecule has 1 amide bonds. The number of carbonyl (C=O) groups excluding carboxylic acids is 1. The fraction of sp³-hybridized carbons (Fsp3) is 0.0588. The lowest BCUT2D eigenvalue weighted by Crippen LogP contribution is -2.29. The first kappa shape index (κ1) is 13.8. The normalized spacial score (nSPS) is 17.8. The minimum absolute atomic E-state index is 0.0158. The third kappa shape index (κ3) is 2.26. The predicted octanol–water partition coefficient (Wildman–Crippen LogP) is 3.75. The van der Waals surface area contributed by atoms with Crippen molar-refractivity contribution in [1.82, 2.24) is 10.2 Å². The lowest BCUT2D eigenvalue weighted by Gasteiger charge is -2.26. The molecule has 2 heterocycles. The van der Waals surface area contributed by atoms with Gasteiger partial charge in [-0.2, -0.15) is 5.10 Å². The Morgan fingerprint density at radius 3 is 2.74 bits per heavy atom. The highest BCUT2D eigenvalue weighted by Crippen LogP contribution is 2.37. The molecule has 1 unspecified atom stereocenters. The zero-order chi connectivity index (χ0) is 16.0.